The van der Waals surface area contributed by atoms with Gasteiger partial charge in [0.25, 0.3) is 0 Å². The van der Waals surface area contributed by atoms with Crippen LogP contribution in [0.15, 0.2) is 43.2 Å². The lowest BCUT2D eigenvalue weighted by Crippen LogP contribution is -2.34. The maximum absolute atomic E-state index is 5.84. The van der Waals surface area contributed by atoms with Crippen molar-refractivity contribution in [2.75, 3.05) is 0 Å². The first-order chi connectivity index (χ1) is 7.06. The summed E-state index contributed by atoms with van der Waals surface area (Å²) in [6, 6.07) is 8.83. The van der Waals surface area contributed by atoms with E-state index in [1.165, 1.54) is 0 Å². The van der Waals surface area contributed by atoms with Gasteiger partial charge < -0.3 is 9.47 Å². The Labute approximate surface area is 103 Å². The molecule has 1 rings (SSSR count). The molecule has 0 amide bonds. The second-order valence-corrected chi connectivity index (χ2v) is 4.31. The molecule has 0 radical (unpaired) electrons. The molecule has 0 aliphatic carbocycles. The van der Waals surface area contributed by atoms with Crippen LogP contribution in [-0.2, 0) is 4.74 Å². The number of alkyl halides is 3. The van der Waals surface area contributed by atoms with Crippen LogP contribution in [0.25, 0.3) is 0 Å². The van der Waals surface area contributed by atoms with Crippen molar-refractivity contribution in [1.29, 1.82) is 0 Å². The standard InChI is InChI=1S/C10H9Cl3O2/c1-2-14-9(11)10(12,13)15-8-6-4-3-5-7-8/h2-7,9H,1H2. The van der Waals surface area contributed by atoms with E-state index in [0.29, 0.717) is 5.75 Å². The van der Waals surface area contributed by atoms with E-state index in [9.17, 15) is 0 Å². The van der Waals surface area contributed by atoms with Gasteiger partial charge in [0, 0.05) is 0 Å². The van der Waals surface area contributed by atoms with Crippen LogP contribution >= 0.6 is 34.8 Å². The van der Waals surface area contributed by atoms with E-state index in [1.807, 2.05) is 6.07 Å². The van der Waals surface area contributed by atoms with Gasteiger partial charge in [0.15, 0.2) is 0 Å². The minimum Gasteiger partial charge on any atom is -0.476 e. The van der Waals surface area contributed by atoms with Crippen LogP contribution in [0, 0.1) is 0 Å². The second kappa shape index (κ2) is 5.50. The first kappa shape index (κ1) is 12.5. The fraction of sp³-hybridized carbons (Fsp3) is 0.200. The molecule has 1 unspecified atom stereocenters. The van der Waals surface area contributed by atoms with Crippen molar-refractivity contribution in [2.45, 2.75) is 10.1 Å². The molecule has 5 heteroatoms. The summed E-state index contributed by atoms with van der Waals surface area (Å²) in [5, 5.41) is 0. The molecule has 0 fully saturated rings. The Morgan fingerprint density at radius 1 is 1.27 bits per heavy atom. The maximum Gasteiger partial charge on any atom is 0.309 e. The van der Waals surface area contributed by atoms with Gasteiger partial charge in [0.1, 0.15) is 5.75 Å². The van der Waals surface area contributed by atoms with Crippen LogP contribution in [0.4, 0.5) is 0 Å². The van der Waals surface area contributed by atoms with Crippen molar-refractivity contribution in [1.82, 2.24) is 0 Å². The molecule has 1 atom stereocenters. The Morgan fingerprint density at radius 2 is 1.87 bits per heavy atom. The zero-order chi connectivity index (χ0) is 11.3. The third-order valence-electron chi connectivity index (χ3n) is 1.48. The van der Waals surface area contributed by atoms with Gasteiger partial charge in [-0.3, -0.25) is 0 Å². The Hall–Kier alpha value is -0.570. The van der Waals surface area contributed by atoms with E-state index in [0.717, 1.165) is 6.26 Å². The highest BCUT2D eigenvalue weighted by molar-refractivity contribution is 6.51. The van der Waals surface area contributed by atoms with Crippen molar-refractivity contribution in [2.24, 2.45) is 0 Å². The van der Waals surface area contributed by atoms with Crippen LogP contribution in [0.5, 0.6) is 5.75 Å². The van der Waals surface area contributed by atoms with Crippen molar-refractivity contribution in [3.63, 3.8) is 0 Å². The van der Waals surface area contributed by atoms with Gasteiger partial charge in [-0.25, -0.2) is 0 Å². The Bertz CT molecular complexity index is 314. The third-order valence-corrected chi connectivity index (χ3v) is 2.66. The molecule has 0 N–H and O–H groups in total. The molecule has 0 saturated heterocycles. The van der Waals surface area contributed by atoms with Gasteiger partial charge in [0.2, 0.25) is 5.56 Å². The molecule has 0 heterocycles. The van der Waals surface area contributed by atoms with Crippen molar-refractivity contribution < 1.29 is 9.47 Å². The fourth-order valence-corrected chi connectivity index (χ4v) is 1.25. The predicted molar refractivity (Wildman–Crippen MR) is 62.4 cm³/mol. The average molecular weight is 268 g/mol. The topological polar surface area (TPSA) is 18.5 Å². The minimum absolute atomic E-state index is 0.501. The van der Waals surface area contributed by atoms with Gasteiger partial charge >= 0.3 is 4.52 Å². The Balaban J connectivity index is 2.67. The number of ether oxygens (including phenoxy) is 2. The molecule has 1 aromatic carbocycles. The molecule has 0 bridgehead atoms. The van der Waals surface area contributed by atoms with E-state index in [1.54, 1.807) is 24.3 Å². The summed E-state index contributed by atoms with van der Waals surface area (Å²) in [7, 11) is 0. The predicted octanol–water partition coefficient (Wildman–Crippen LogP) is 3.92. The zero-order valence-corrected chi connectivity index (χ0v) is 9.97. The van der Waals surface area contributed by atoms with Gasteiger partial charge in [-0.15, -0.1) is 0 Å². The summed E-state index contributed by atoms with van der Waals surface area (Å²) in [5.41, 5.74) is -1.04. The summed E-state index contributed by atoms with van der Waals surface area (Å²) in [6.45, 7) is 3.34. The SMILES string of the molecule is C=COC(Cl)C(Cl)(Cl)Oc1ccccc1. The van der Waals surface area contributed by atoms with E-state index in [2.05, 4.69) is 6.58 Å². The second-order valence-electron chi connectivity index (χ2n) is 2.60. The minimum atomic E-state index is -1.67. The van der Waals surface area contributed by atoms with E-state index >= 15 is 0 Å². The van der Waals surface area contributed by atoms with Crippen molar-refractivity contribution in [3.8, 4) is 5.75 Å². The normalized spacial score (nSPS) is 13.0. The lowest BCUT2D eigenvalue weighted by atomic mass is 10.3. The first-order valence-corrected chi connectivity index (χ1v) is 5.28. The van der Waals surface area contributed by atoms with Crippen molar-refractivity contribution >= 4 is 34.8 Å². The average Bonchev–Trinajstić information content (AvgIpc) is 2.19. The Kier molecular flexibility index (Phi) is 4.58. The molecule has 82 valence electrons. The summed E-state index contributed by atoms with van der Waals surface area (Å²) in [5.74, 6) is 0.501. The van der Waals surface area contributed by atoms with Crippen molar-refractivity contribution in [3.05, 3.63) is 43.2 Å². The monoisotopic (exact) mass is 266 g/mol. The van der Waals surface area contributed by atoms with Crippen LogP contribution in [-0.4, -0.2) is 10.1 Å². The lowest BCUT2D eigenvalue weighted by molar-refractivity contribution is 0.0984. The van der Waals surface area contributed by atoms with Crippen LogP contribution < -0.4 is 4.74 Å². The van der Waals surface area contributed by atoms with E-state index in [4.69, 9.17) is 44.3 Å². The fourth-order valence-electron chi connectivity index (χ4n) is 0.856. The molecule has 1 aromatic rings. The Morgan fingerprint density at radius 3 is 2.40 bits per heavy atom. The van der Waals surface area contributed by atoms with Gasteiger partial charge in [-0.1, -0.05) is 59.6 Å². The molecule has 2 nitrogen and oxygen atoms in total. The van der Waals surface area contributed by atoms with E-state index in [-0.39, 0.29) is 0 Å². The highest BCUT2D eigenvalue weighted by Gasteiger charge is 2.37. The third kappa shape index (κ3) is 3.82. The van der Waals surface area contributed by atoms with Crippen LogP contribution in [0.2, 0.25) is 0 Å². The molecular formula is C10H9Cl3O2. The largest absolute Gasteiger partial charge is 0.476 e. The molecule has 0 saturated carbocycles. The van der Waals surface area contributed by atoms with Crippen LogP contribution in [0.3, 0.4) is 0 Å². The summed E-state index contributed by atoms with van der Waals surface area (Å²) >= 11 is 17.4. The number of rotatable bonds is 5. The molecule has 15 heavy (non-hydrogen) atoms. The molecule has 0 aromatic heterocycles. The molecule has 0 aliphatic rings. The van der Waals surface area contributed by atoms with Crippen LogP contribution in [0.1, 0.15) is 0 Å². The highest BCUT2D eigenvalue weighted by Crippen LogP contribution is 2.33. The lowest BCUT2D eigenvalue weighted by Gasteiger charge is -2.25. The highest BCUT2D eigenvalue weighted by atomic mass is 35.5. The molecular weight excluding hydrogens is 258 g/mol. The quantitative estimate of drug-likeness (QED) is 0.594. The number of benzene rings is 1. The first-order valence-electron chi connectivity index (χ1n) is 4.08. The number of halogens is 3. The van der Waals surface area contributed by atoms with Gasteiger partial charge in [-0.05, 0) is 12.1 Å². The number of para-hydroxylation sites is 1. The molecule has 0 aliphatic heterocycles. The summed E-state index contributed by atoms with van der Waals surface area (Å²) in [6.07, 6.45) is 1.14. The number of hydrogen-bond acceptors (Lipinski definition) is 2. The summed E-state index contributed by atoms with van der Waals surface area (Å²) in [4.78, 5) is 0. The summed E-state index contributed by atoms with van der Waals surface area (Å²) < 4.78 is 8.39. The smallest absolute Gasteiger partial charge is 0.309 e. The maximum atomic E-state index is 5.84. The van der Waals surface area contributed by atoms with Gasteiger partial charge in [-0.2, -0.15) is 0 Å². The zero-order valence-electron chi connectivity index (χ0n) is 7.70. The number of hydrogen-bond donors (Lipinski definition) is 0. The van der Waals surface area contributed by atoms with Gasteiger partial charge in [0.05, 0.1) is 6.26 Å². The molecule has 0 spiro atoms. The van der Waals surface area contributed by atoms with E-state index < -0.39 is 10.1 Å².